The molecule has 2 aliphatic rings. The van der Waals surface area contributed by atoms with Crippen molar-refractivity contribution in [3.8, 4) is 0 Å². The standard InChI is InChI=1S/C28H29Cl3N4O/c1-18-9-13-35(14-10-18)27-33-17-23(26(36)32-16-19-3-6-22(30)15-24(19)31)25(34-27)28(11-2-12-28)20-4-7-21(29)8-5-20/h3-8,15,17-18H,2,9-14,16H2,1H3,(H,32,36). The number of aromatic nitrogens is 2. The van der Waals surface area contributed by atoms with E-state index in [9.17, 15) is 4.79 Å². The molecule has 1 amide bonds. The van der Waals surface area contributed by atoms with Gasteiger partial charge in [0.05, 0.1) is 11.3 Å². The highest BCUT2D eigenvalue weighted by Gasteiger charge is 2.44. The molecule has 8 heteroatoms. The average molecular weight is 544 g/mol. The van der Waals surface area contributed by atoms with Gasteiger partial charge in [0.25, 0.3) is 5.91 Å². The van der Waals surface area contributed by atoms with E-state index in [1.165, 1.54) is 0 Å². The molecule has 1 saturated heterocycles. The molecule has 0 radical (unpaired) electrons. The molecule has 1 saturated carbocycles. The lowest BCUT2D eigenvalue weighted by Crippen LogP contribution is -2.41. The highest BCUT2D eigenvalue weighted by molar-refractivity contribution is 6.35. The molecule has 1 aliphatic carbocycles. The first kappa shape index (κ1) is 25.3. The second-order valence-corrected chi connectivity index (χ2v) is 11.2. The van der Waals surface area contributed by atoms with Crippen LogP contribution in [0.4, 0.5) is 5.95 Å². The molecule has 0 unspecified atom stereocenters. The Labute approximate surface area is 227 Å². The molecule has 0 atom stereocenters. The first-order valence-electron chi connectivity index (χ1n) is 12.5. The number of hydrogen-bond acceptors (Lipinski definition) is 4. The fourth-order valence-corrected chi connectivity index (χ4v) is 5.76. The summed E-state index contributed by atoms with van der Waals surface area (Å²) in [5.41, 5.74) is 2.88. The molecule has 5 rings (SSSR count). The van der Waals surface area contributed by atoms with E-state index < -0.39 is 0 Å². The summed E-state index contributed by atoms with van der Waals surface area (Å²) < 4.78 is 0. The second kappa shape index (κ2) is 10.6. The van der Waals surface area contributed by atoms with Crippen molar-refractivity contribution in [1.29, 1.82) is 0 Å². The van der Waals surface area contributed by atoms with Gasteiger partial charge in [-0.25, -0.2) is 9.97 Å². The summed E-state index contributed by atoms with van der Waals surface area (Å²) in [6, 6.07) is 13.2. The Morgan fingerprint density at radius 3 is 2.39 bits per heavy atom. The minimum atomic E-state index is -0.337. The molecule has 3 aromatic rings. The molecular formula is C28H29Cl3N4O. The molecule has 2 heterocycles. The van der Waals surface area contributed by atoms with E-state index in [1.807, 2.05) is 18.2 Å². The van der Waals surface area contributed by atoms with Crippen LogP contribution >= 0.6 is 34.8 Å². The van der Waals surface area contributed by atoms with E-state index in [4.69, 9.17) is 39.8 Å². The van der Waals surface area contributed by atoms with Gasteiger partial charge in [-0.1, -0.05) is 66.3 Å². The monoisotopic (exact) mass is 542 g/mol. The first-order chi connectivity index (χ1) is 17.4. The SMILES string of the molecule is CC1CCN(c2ncc(C(=O)NCc3ccc(Cl)cc3Cl)c(C3(c4ccc(Cl)cc4)CCC3)n2)CC1. The molecule has 1 N–H and O–H groups in total. The van der Waals surface area contributed by atoms with Gasteiger partial charge in [-0.2, -0.15) is 0 Å². The van der Waals surface area contributed by atoms with Gasteiger partial charge < -0.3 is 10.2 Å². The van der Waals surface area contributed by atoms with Gasteiger partial charge in [0.15, 0.2) is 0 Å². The van der Waals surface area contributed by atoms with Crippen LogP contribution in [0.15, 0.2) is 48.7 Å². The summed E-state index contributed by atoms with van der Waals surface area (Å²) in [6.45, 7) is 4.42. The molecule has 5 nitrogen and oxygen atoms in total. The Bertz CT molecular complexity index is 1250. The lowest BCUT2D eigenvalue weighted by atomic mass is 9.61. The summed E-state index contributed by atoms with van der Waals surface area (Å²) >= 11 is 18.5. The van der Waals surface area contributed by atoms with Gasteiger partial charge in [0.2, 0.25) is 5.95 Å². The highest BCUT2D eigenvalue weighted by Crippen LogP contribution is 2.49. The van der Waals surface area contributed by atoms with Gasteiger partial charge >= 0.3 is 0 Å². The third kappa shape index (κ3) is 5.06. The van der Waals surface area contributed by atoms with E-state index in [0.29, 0.717) is 32.5 Å². The van der Waals surface area contributed by atoms with Crippen molar-refractivity contribution < 1.29 is 4.79 Å². The van der Waals surface area contributed by atoms with Crippen LogP contribution < -0.4 is 10.2 Å². The zero-order valence-corrected chi connectivity index (χ0v) is 22.5. The van der Waals surface area contributed by atoms with Crippen molar-refractivity contribution in [2.45, 2.75) is 51.0 Å². The van der Waals surface area contributed by atoms with Crippen molar-refractivity contribution in [2.24, 2.45) is 5.92 Å². The number of benzene rings is 2. The van der Waals surface area contributed by atoms with Crippen LogP contribution in [0.1, 0.15) is 66.2 Å². The lowest BCUT2D eigenvalue weighted by Gasteiger charge is -2.43. The minimum Gasteiger partial charge on any atom is -0.348 e. The number of nitrogens with zero attached hydrogens (tertiary/aromatic N) is 3. The maximum absolute atomic E-state index is 13.5. The minimum absolute atomic E-state index is 0.213. The fraction of sp³-hybridized carbons (Fsp3) is 0.393. The lowest BCUT2D eigenvalue weighted by molar-refractivity contribution is 0.0946. The molecule has 2 aromatic carbocycles. The van der Waals surface area contributed by atoms with Gasteiger partial charge in [0.1, 0.15) is 0 Å². The maximum atomic E-state index is 13.5. The number of piperidine rings is 1. The molecule has 2 fully saturated rings. The van der Waals surface area contributed by atoms with Crippen LogP contribution in [-0.4, -0.2) is 29.0 Å². The first-order valence-corrected chi connectivity index (χ1v) is 13.6. The zero-order chi connectivity index (χ0) is 25.3. The third-order valence-electron chi connectivity index (χ3n) is 7.60. The third-order valence-corrected chi connectivity index (χ3v) is 8.44. The van der Waals surface area contributed by atoms with Crippen molar-refractivity contribution in [3.63, 3.8) is 0 Å². The fourth-order valence-electron chi connectivity index (χ4n) is 5.16. The summed E-state index contributed by atoms with van der Waals surface area (Å²) in [4.78, 5) is 25.5. The summed E-state index contributed by atoms with van der Waals surface area (Å²) in [7, 11) is 0. The van der Waals surface area contributed by atoms with Gasteiger partial charge in [-0.05, 0) is 67.0 Å². The Balaban J connectivity index is 1.50. The average Bonchev–Trinajstić information content (AvgIpc) is 2.84. The number of hydrogen-bond donors (Lipinski definition) is 1. The Hall–Kier alpha value is -2.34. The van der Waals surface area contributed by atoms with Crippen LogP contribution in [-0.2, 0) is 12.0 Å². The summed E-state index contributed by atoms with van der Waals surface area (Å²) in [5.74, 6) is 1.20. The Kier molecular flexibility index (Phi) is 7.43. The summed E-state index contributed by atoms with van der Waals surface area (Å²) in [6.07, 6.45) is 6.85. The van der Waals surface area contributed by atoms with E-state index in [0.717, 1.165) is 62.0 Å². The summed E-state index contributed by atoms with van der Waals surface area (Å²) in [5, 5.41) is 4.79. The molecule has 0 spiro atoms. The zero-order valence-electron chi connectivity index (χ0n) is 20.2. The molecule has 1 aliphatic heterocycles. The quantitative estimate of drug-likeness (QED) is 0.361. The van der Waals surface area contributed by atoms with Gasteiger partial charge in [-0.15, -0.1) is 0 Å². The molecule has 1 aromatic heterocycles. The predicted molar refractivity (Wildman–Crippen MR) is 146 cm³/mol. The van der Waals surface area contributed by atoms with Crippen LogP contribution in [0.2, 0.25) is 15.1 Å². The largest absolute Gasteiger partial charge is 0.348 e. The van der Waals surface area contributed by atoms with E-state index in [1.54, 1.807) is 18.3 Å². The Morgan fingerprint density at radius 1 is 1.06 bits per heavy atom. The van der Waals surface area contributed by atoms with Crippen molar-refractivity contribution in [1.82, 2.24) is 15.3 Å². The van der Waals surface area contributed by atoms with Crippen molar-refractivity contribution in [2.75, 3.05) is 18.0 Å². The highest BCUT2D eigenvalue weighted by atomic mass is 35.5. The van der Waals surface area contributed by atoms with Gasteiger partial charge in [0, 0.05) is 46.3 Å². The van der Waals surface area contributed by atoms with Crippen molar-refractivity contribution >= 4 is 46.7 Å². The van der Waals surface area contributed by atoms with Gasteiger partial charge in [-0.3, -0.25) is 4.79 Å². The number of amides is 1. The maximum Gasteiger partial charge on any atom is 0.255 e. The number of anilines is 1. The molecule has 188 valence electrons. The molecule has 36 heavy (non-hydrogen) atoms. The number of carbonyl (C=O) groups excluding carboxylic acids is 1. The van der Waals surface area contributed by atoms with Crippen LogP contribution in [0.3, 0.4) is 0 Å². The number of carbonyl (C=O) groups is 1. The second-order valence-electron chi connectivity index (χ2n) is 9.96. The molecule has 0 bridgehead atoms. The van der Waals surface area contributed by atoms with E-state index in [2.05, 4.69) is 34.3 Å². The number of halogens is 3. The molecular weight excluding hydrogens is 515 g/mol. The van der Waals surface area contributed by atoms with E-state index in [-0.39, 0.29) is 17.9 Å². The van der Waals surface area contributed by atoms with E-state index >= 15 is 0 Å². The number of nitrogens with one attached hydrogen (secondary N) is 1. The Morgan fingerprint density at radius 2 is 1.75 bits per heavy atom. The smallest absolute Gasteiger partial charge is 0.255 e. The predicted octanol–water partition coefficient (Wildman–Crippen LogP) is 7.07. The number of rotatable bonds is 6. The normalized spacial score (nSPS) is 17.5. The van der Waals surface area contributed by atoms with Crippen LogP contribution in [0, 0.1) is 5.92 Å². The van der Waals surface area contributed by atoms with Crippen molar-refractivity contribution in [3.05, 3.63) is 86.1 Å². The van der Waals surface area contributed by atoms with Crippen LogP contribution in [0.5, 0.6) is 0 Å². The van der Waals surface area contributed by atoms with Crippen LogP contribution in [0.25, 0.3) is 0 Å². The topological polar surface area (TPSA) is 58.1 Å².